The maximum Gasteiger partial charge on any atom is 0.229 e. The van der Waals surface area contributed by atoms with Crippen molar-refractivity contribution in [3.8, 4) is 0 Å². The van der Waals surface area contributed by atoms with Gasteiger partial charge in [0.15, 0.2) is 0 Å². The Morgan fingerprint density at radius 1 is 1.29 bits per heavy atom. The third-order valence-electron chi connectivity index (χ3n) is 5.09. The number of rotatable bonds is 4. The van der Waals surface area contributed by atoms with Crippen LogP contribution in [0.4, 0.5) is 11.6 Å². The average Bonchev–Trinajstić information content (AvgIpc) is 2.95. The zero-order chi connectivity index (χ0) is 17.1. The number of hydrogen-bond donors (Lipinski definition) is 1. The molecule has 3 rings (SSSR count). The molecule has 7 heteroatoms. The molecule has 7 nitrogen and oxygen atoms in total. The number of likely N-dealkylation sites (tertiary alicyclic amines) is 1. The molecule has 2 amide bonds. The van der Waals surface area contributed by atoms with E-state index >= 15 is 0 Å². The molecule has 1 aromatic heterocycles. The Morgan fingerprint density at radius 2 is 1.96 bits per heavy atom. The van der Waals surface area contributed by atoms with Crippen molar-refractivity contribution in [2.45, 2.75) is 32.6 Å². The molecule has 2 aliphatic rings. The van der Waals surface area contributed by atoms with Crippen molar-refractivity contribution in [3.05, 3.63) is 12.4 Å². The van der Waals surface area contributed by atoms with E-state index in [2.05, 4.69) is 27.1 Å². The number of aromatic nitrogens is 2. The minimum absolute atomic E-state index is 0.0113. The van der Waals surface area contributed by atoms with Crippen molar-refractivity contribution < 1.29 is 9.59 Å². The molecule has 24 heavy (non-hydrogen) atoms. The number of nitrogens with zero attached hydrogens (tertiary/aromatic N) is 4. The number of carbonyl (C=O) groups is 2. The average molecular weight is 331 g/mol. The van der Waals surface area contributed by atoms with Crippen molar-refractivity contribution in [2.24, 2.45) is 11.8 Å². The fraction of sp³-hybridized carbons (Fsp3) is 0.647. The molecule has 1 aromatic rings. The van der Waals surface area contributed by atoms with Gasteiger partial charge in [-0.15, -0.1) is 0 Å². The first kappa shape index (κ1) is 16.7. The van der Waals surface area contributed by atoms with E-state index in [4.69, 9.17) is 0 Å². The van der Waals surface area contributed by atoms with E-state index in [1.54, 1.807) is 24.3 Å². The smallest absolute Gasteiger partial charge is 0.229 e. The van der Waals surface area contributed by atoms with Crippen molar-refractivity contribution in [1.29, 1.82) is 0 Å². The third kappa shape index (κ3) is 3.66. The Balaban J connectivity index is 1.55. The van der Waals surface area contributed by atoms with Crippen LogP contribution in [0.15, 0.2) is 12.4 Å². The lowest BCUT2D eigenvalue weighted by Crippen LogP contribution is -2.34. The highest BCUT2D eigenvalue weighted by Crippen LogP contribution is 2.23. The first-order valence-corrected chi connectivity index (χ1v) is 8.68. The number of nitrogens with one attached hydrogen (secondary N) is 1. The van der Waals surface area contributed by atoms with E-state index in [9.17, 15) is 9.59 Å². The van der Waals surface area contributed by atoms with E-state index in [0.29, 0.717) is 12.2 Å². The molecule has 1 atom stereocenters. The van der Waals surface area contributed by atoms with Crippen LogP contribution in [0.3, 0.4) is 0 Å². The number of hydrogen-bond acceptors (Lipinski definition) is 5. The zero-order valence-electron chi connectivity index (χ0n) is 14.4. The van der Waals surface area contributed by atoms with Gasteiger partial charge in [-0.25, -0.2) is 9.97 Å². The van der Waals surface area contributed by atoms with Gasteiger partial charge in [0, 0.05) is 33.1 Å². The maximum absolute atomic E-state index is 12.2. The van der Waals surface area contributed by atoms with Gasteiger partial charge in [-0.05, 0) is 18.8 Å². The predicted molar refractivity (Wildman–Crippen MR) is 91.6 cm³/mol. The first-order valence-electron chi connectivity index (χ1n) is 8.68. The van der Waals surface area contributed by atoms with E-state index in [0.717, 1.165) is 25.0 Å². The lowest BCUT2D eigenvalue weighted by molar-refractivity contribution is -0.127. The normalized spacial score (nSPS) is 22.1. The largest absolute Gasteiger partial charge is 0.345 e. The Bertz CT molecular complexity index is 596. The standard InChI is InChI=1S/C17H25N5O2/c1-3-12-4-6-22(7-5-12)17-18-9-14(10-19-17)20-16(24)13-8-15(23)21(2)11-13/h9-10,12-13H,3-8,11H2,1-2H3,(H,20,24). The Morgan fingerprint density at radius 3 is 2.50 bits per heavy atom. The highest BCUT2D eigenvalue weighted by Gasteiger charge is 2.32. The van der Waals surface area contributed by atoms with Crippen LogP contribution in [0, 0.1) is 11.8 Å². The van der Waals surface area contributed by atoms with Crippen LogP contribution in [0.5, 0.6) is 0 Å². The van der Waals surface area contributed by atoms with Gasteiger partial charge in [0.05, 0.1) is 24.0 Å². The fourth-order valence-corrected chi connectivity index (χ4v) is 3.37. The number of anilines is 2. The summed E-state index contributed by atoms with van der Waals surface area (Å²) < 4.78 is 0. The maximum atomic E-state index is 12.2. The molecule has 1 unspecified atom stereocenters. The van der Waals surface area contributed by atoms with Crippen molar-refractivity contribution in [2.75, 3.05) is 36.9 Å². The highest BCUT2D eigenvalue weighted by atomic mass is 16.2. The molecule has 130 valence electrons. The third-order valence-corrected chi connectivity index (χ3v) is 5.09. The highest BCUT2D eigenvalue weighted by molar-refractivity contribution is 5.96. The van der Waals surface area contributed by atoms with Gasteiger partial charge in [0.2, 0.25) is 17.8 Å². The summed E-state index contributed by atoms with van der Waals surface area (Å²) in [5, 5.41) is 2.81. The Hall–Kier alpha value is -2.18. The van der Waals surface area contributed by atoms with Crippen molar-refractivity contribution in [1.82, 2.24) is 14.9 Å². The van der Waals surface area contributed by atoms with Crippen LogP contribution in [0.2, 0.25) is 0 Å². The van der Waals surface area contributed by atoms with Gasteiger partial charge in [-0.3, -0.25) is 9.59 Å². The molecule has 0 aromatic carbocycles. The molecule has 2 saturated heterocycles. The summed E-state index contributed by atoms with van der Waals surface area (Å²) in [6.45, 7) is 4.68. The van der Waals surface area contributed by atoms with Crippen LogP contribution < -0.4 is 10.2 Å². The predicted octanol–water partition coefficient (Wildman–Crippen LogP) is 1.52. The number of amides is 2. The van der Waals surface area contributed by atoms with Gasteiger partial charge >= 0.3 is 0 Å². The van der Waals surface area contributed by atoms with Crippen LogP contribution in [0.25, 0.3) is 0 Å². The van der Waals surface area contributed by atoms with Crippen molar-refractivity contribution in [3.63, 3.8) is 0 Å². The van der Waals surface area contributed by atoms with Crippen LogP contribution in [-0.4, -0.2) is 53.4 Å². The summed E-state index contributed by atoms with van der Waals surface area (Å²) in [4.78, 5) is 36.3. The van der Waals surface area contributed by atoms with E-state index in [-0.39, 0.29) is 24.2 Å². The van der Waals surface area contributed by atoms with Crippen LogP contribution >= 0.6 is 0 Å². The van der Waals surface area contributed by atoms with E-state index < -0.39 is 0 Å². The molecule has 1 N–H and O–H groups in total. The van der Waals surface area contributed by atoms with Crippen LogP contribution in [0.1, 0.15) is 32.6 Å². The van der Waals surface area contributed by atoms with Crippen LogP contribution in [-0.2, 0) is 9.59 Å². The topological polar surface area (TPSA) is 78.4 Å². The molecule has 0 spiro atoms. The summed E-state index contributed by atoms with van der Waals surface area (Å²) in [5.74, 6) is 1.10. The quantitative estimate of drug-likeness (QED) is 0.905. The molecular weight excluding hydrogens is 306 g/mol. The molecule has 0 saturated carbocycles. The van der Waals surface area contributed by atoms with E-state index in [1.165, 1.54) is 19.3 Å². The molecule has 0 bridgehead atoms. The molecule has 2 aliphatic heterocycles. The van der Waals surface area contributed by atoms with Gasteiger partial charge in [-0.2, -0.15) is 0 Å². The van der Waals surface area contributed by atoms with Gasteiger partial charge in [-0.1, -0.05) is 13.3 Å². The minimum Gasteiger partial charge on any atom is -0.345 e. The molecule has 0 radical (unpaired) electrons. The first-order chi connectivity index (χ1) is 11.6. The Labute approximate surface area is 142 Å². The number of carbonyl (C=O) groups excluding carboxylic acids is 2. The second-order valence-corrected chi connectivity index (χ2v) is 6.77. The lowest BCUT2D eigenvalue weighted by atomic mass is 9.95. The molecule has 3 heterocycles. The fourth-order valence-electron chi connectivity index (χ4n) is 3.37. The molecule has 2 fully saturated rings. The van der Waals surface area contributed by atoms with Gasteiger partial charge in [0.25, 0.3) is 0 Å². The monoisotopic (exact) mass is 331 g/mol. The molecule has 0 aliphatic carbocycles. The minimum atomic E-state index is -0.296. The SMILES string of the molecule is CCC1CCN(c2ncc(NC(=O)C3CC(=O)N(C)C3)cn2)CC1. The Kier molecular flexibility index (Phi) is 4.97. The second kappa shape index (κ2) is 7.15. The second-order valence-electron chi connectivity index (χ2n) is 6.77. The summed E-state index contributed by atoms with van der Waals surface area (Å²) in [7, 11) is 1.72. The lowest BCUT2D eigenvalue weighted by Gasteiger charge is -2.31. The van der Waals surface area contributed by atoms with Crippen molar-refractivity contribution >= 4 is 23.5 Å². The zero-order valence-corrected chi connectivity index (χ0v) is 14.4. The molecular formula is C17H25N5O2. The summed E-state index contributed by atoms with van der Waals surface area (Å²) >= 11 is 0. The summed E-state index contributed by atoms with van der Waals surface area (Å²) in [5.41, 5.74) is 0.578. The summed E-state index contributed by atoms with van der Waals surface area (Å²) in [6, 6.07) is 0. The van der Waals surface area contributed by atoms with Gasteiger partial charge < -0.3 is 15.1 Å². The van der Waals surface area contributed by atoms with E-state index in [1.807, 2.05) is 0 Å². The van der Waals surface area contributed by atoms with Gasteiger partial charge in [0.1, 0.15) is 0 Å². The number of piperidine rings is 1. The summed E-state index contributed by atoms with van der Waals surface area (Å²) in [6.07, 6.45) is 7.16.